The maximum absolute atomic E-state index is 12.1. The van der Waals surface area contributed by atoms with Crippen molar-refractivity contribution in [1.29, 1.82) is 0 Å². The van der Waals surface area contributed by atoms with Crippen LogP contribution in [0.25, 0.3) is 0 Å². The van der Waals surface area contributed by atoms with Crippen molar-refractivity contribution in [2.24, 2.45) is 0 Å². The summed E-state index contributed by atoms with van der Waals surface area (Å²) >= 11 is 7.17. The predicted octanol–water partition coefficient (Wildman–Crippen LogP) is 3.71. The zero-order chi connectivity index (χ0) is 20.1. The molecule has 0 saturated carbocycles. The number of esters is 1. The van der Waals surface area contributed by atoms with Crippen LogP contribution in [0.3, 0.4) is 0 Å². The second-order valence-corrected chi connectivity index (χ2v) is 8.58. The number of hydrogen-bond donors (Lipinski definition) is 1. The van der Waals surface area contributed by atoms with Crippen molar-refractivity contribution in [2.45, 2.75) is 20.3 Å². The van der Waals surface area contributed by atoms with Gasteiger partial charge in [0.25, 0.3) is 0 Å². The Balaban J connectivity index is 1.53. The maximum Gasteiger partial charge on any atom is 0.341 e. The highest BCUT2D eigenvalue weighted by Gasteiger charge is 2.23. The number of aryl methyl sites for hydroxylation is 1. The molecule has 5 nitrogen and oxygen atoms in total. The van der Waals surface area contributed by atoms with Crippen LogP contribution in [0.2, 0.25) is 0 Å². The van der Waals surface area contributed by atoms with Crippen molar-refractivity contribution in [1.82, 2.24) is 9.80 Å². The first-order chi connectivity index (χ1) is 13.5. The molecule has 1 aliphatic rings. The summed E-state index contributed by atoms with van der Waals surface area (Å²) in [5.41, 5.74) is 2.92. The summed E-state index contributed by atoms with van der Waals surface area (Å²) in [5.74, 6) is -0.321. The number of anilines is 1. The fourth-order valence-electron chi connectivity index (χ4n) is 3.35. The van der Waals surface area contributed by atoms with Crippen molar-refractivity contribution in [3.63, 3.8) is 0 Å². The monoisotopic (exact) mass is 417 g/mol. The number of methoxy groups -OCH3 is 1. The van der Waals surface area contributed by atoms with E-state index in [0.717, 1.165) is 54.6 Å². The van der Waals surface area contributed by atoms with Crippen LogP contribution in [0.5, 0.6) is 0 Å². The normalized spacial score (nSPS) is 14.8. The van der Waals surface area contributed by atoms with Crippen LogP contribution in [0.15, 0.2) is 30.3 Å². The summed E-state index contributed by atoms with van der Waals surface area (Å²) in [4.78, 5) is 17.9. The SMILES string of the molecule is COC(=O)c1c(NC(=S)N2CCN(CCc3ccccc3)CC2)sc(C)c1C. The number of benzene rings is 1. The average Bonchev–Trinajstić information content (AvgIpc) is 3.00. The van der Waals surface area contributed by atoms with Crippen molar-refractivity contribution >= 4 is 39.6 Å². The fourth-order valence-corrected chi connectivity index (χ4v) is 4.74. The first kappa shape index (κ1) is 20.8. The van der Waals surface area contributed by atoms with Crippen LogP contribution in [0.1, 0.15) is 26.4 Å². The number of ether oxygens (including phenoxy) is 1. The number of nitrogens with zero attached hydrogens (tertiary/aromatic N) is 2. The van der Waals surface area contributed by atoms with Crippen molar-refractivity contribution in [3.05, 3.63) is 51.9 Å². The number of piperazine rings is 1. The third kappa shape index (κ3) is 4.90. The first-order valence-electron chi connectivity index (χ1n) is 9.50. The van der Waals surface area contributed by atoms with Gasteiger partial charge in [-0.05, 0) is 43.6 Å². The Kier molecular flexibility index (Phi) is 7.04. The molecule has 7 heteroatoms. The molecule has 0 amide bonds. The van der Waals surface area contributed by atoms with Crippen LogP contribution >= 0.6 is 23.6 Å². The van der Waals surface area contributed by atoms with E-state index in [2.05, 4.69) is 45.4 Å². The van der Waals surface area contributed by atoms with Crippen LogP contribution in [0, 0.1) is 13.8 Å². The van der Waals surface area contributed by atoms with E-state index in [1.54, 1.807) is 11.3 Å². The minimum atomic E-state index is -0.321. The van der Waals surface area contributed by atoms with Gasteiger partial charge in [0.15, 0.2) is 5.11 Å². The molecule has 0 bridgehead atoms. The van der Waals surface area contributed by atoms with Crippen LogP contribution in [0.4, 0.5) is 5.00 Å². The van der Waals surface area contributed by atoms with Crippen molar-refractivity contribution in [2.75, 3.05) is 45.2 Å². The van der Waals surface area contributed by atoms with Crippen LogP contribution in [-0.4, -0.2) is 60.7 Å². The number of thiocarbonyl (C=S) groups is 1. The predicted molar refractivity (Wildman–Crippen MR) is 120 cm³/mol. The van der Waals surface area contributed by atoms with E-state index in [0.29, 0.717) is 10.7 Å². The Morgan fingerprint density at radius 3 is 2.50 bits per heavy atom. The lowest BCUT2D eigenvalue weighted by atomic mass is 10.1. The average molecular weight is 418 g/mol. The van der Waals surface area contributed by atoms with Gasteiger partial charge in [0.1, 0.15) is 5.00 Å². The molecule has 0 spiro atoms. The molecule has 0 atom stereocenters. The molecule has 1 aromatic heterocycles. The van der Waals surface area contributed by atoms with Gasteiger partial charge < -0.3 is 15.0 Å². The molecule has 150 valence electrons. The highest BCUT2D eigenvalue weighted by atomic mass is 32.1. The molecule has 0 radical (unpaired) electrons. The van der Waals surface area contributed by atoms with Gasteiger partial charge in [0.05, 0.1) is 12.7 Å². The molecule has 2 heterocycles. The van der Waals surface area contributed by atoms with Gasteiger partial charge in [-0.1, -0.05) is 30.3 Å². The quantitative estimate of drug-likeness (QED) is 0.591. The lowest BCUT2D eigenvalue weighted by molar-refractivity contribution is 0.0601. The highest BCUT2D eigenvalue weighted by Crippen LogP contribution is 2.33. The number of thiophene rings is 1. The molecule has 1 aliphatic heterocycles. The fraction of sp³-hybridized carbons (Fsp3) is 0.429. The Bertz CT molecular complexity index is 828. The molecule has 0 aliphatic carbocycles. The summed E-state index contributed by atoms with van der Waals surface area (Å²) in [5, 5.41) is 4.74. The molecular formula is C21H27N3O2S2. The zero-order valence-corrected chi connectivity index (χ0v) is 18.3. The lowest BCUT2D eigenvalue weighted by Crippen LogP contribution is -2.50. The van der Waals surface area contributed by atoms with Gasteiger partial charge in [-0.15, -0.1) is 11.3 Å². The maximum atomic E-state index is 12.1. The Morgan fingerprint density at radius 2 is 1.86 bits per heavy atom. The Labute approximate surface area is 176 Å². The molecule has 28 heavy (non-hydrogen) atoms. The molecule has 2 aromatic rings. The van der Waals surface area contributed by atoms with Gasteiger partial charge >= 0.3 is 5.97 Å². The third-order valence-electron chi connectivity index (χ3n) is 5.21. The third-order valence-corrected chi connectivity index (χ3v) is 6.70. The molecule has 1 saturated heterocycles. The lowest BCUT2D eigenvalue weighted by Gasteiger charge is -2.36. The minimum absolute atomic E-state index is 0.321. The molecule has 0 unspecified atom stereocenters. The second-order valence-electron chi connectivity index (χ2n) is 6.97. The van der Waals surface area contributed by atoms with E-state index in [4.69, 9.17) is 17.0 Å². The summed E-state index contributed by atoms with van der Waals surface area (Å²) in [6.45, 7) is 8.76. The topological polar surface area (TPSA) is 44.8 Å². The summed E-state index contributed by atoms with van der Waals surface area (Å²) in [7, 11) is 1.41. The van der Waals surface area contributed by atoms with E-state index < -0.39 is 0 Å². The Hall–Kier alpha value is -1.96. The first-order valence-corrected chi connectivity index (χ1v) is 10.7. The molecule has 3 rings (SSSR count). The van der Waals surface area contributed by atoms with Crippen LogP contribution < -0.4 is 5.32 Å². The standard InChI is InChI=1S/C21H27N3O2S2/c1-15-16(2)28-19(18(15)20(25)26-3)22-21(27)24-13-11-23(12-14-24)10-9-17-7-5-4-6-8-17/h4-8H,9-14H2,1-3H3,(H,22,27). The van der Waals surface area contributed by atoms with Crippen LogP contribution in [-0.2, 0) is 11.2 Å². The summed E-state index contributed by atoms with van der Waals surface area (Å²) < 4.78 is 4.94. The van der Waals surface area contributed by atoms with Gasteiger partial charge in [-0.3, -0.25) is 4.90 Å². The molecule has 1 fully saturated rings. The van der Waals surface area contributed by atoms with Crippen molar-refractivity contribution in [3.8, 4) is 0 Å². The van der Waals surface area contributed by atoms with Gasteiger partial charge in [-0.25, -0.2) is 4.79 Å². The molecule has 1 aromatic carbocycles. The molecular weight excluding hydrogens is 390 g/mol. The van der Waals surface area contributed by atoms with Gasteiger partial charge in [0.2, 0.25) is 0 Å². The summed E-state index contributed by atoms with van der Waals surface area (Å²) in [6.07, 6.45) is 1.07. The number of hydrogen-bond acceptors (Lipinski definition) is 5. The smallest absolute Gasteiger partial charge is 0.341 e. The Morgan fingerprint density at radius 1 is 1.18 bits per heavy atom. The number of carbonyl (C=O) groups excluding carboxylic acids is 1. The van der Waals surface area contributed by atoms with E-state index in [9.17, 15) is 4.79 Å². The largest absolute Gasteiger partial charge is 0.465 e. The number of carbonyl (C=O) groups is 1. The van der Waals surface area contributed by atoms with Crippen molar-refractivity contribution < 1.29 is 9.53 Å². The minimum Gasteiger partial charge on any atom is -0.465 e. The van der Waals surface area contributed by atoms with Gasteiger partial charge in [-0.2, -0.15) is 0 Å². The number of nitrogens with one attached hydrogen (secondary N) is 1. The zero-order valence-electron chi connectivity index (χ0n) is 16.7. The molecule has 1 N–H and O–H groups in total. The van der Waals surface area contributed by atoms with E-state index >= 15 is 0 Å². The second kappa shape index (κ2) is 9.49. The highest BCUT2D eigenvalue weighted by molar-refractivity contribution is 7.80. The van der Waals surface area contributed by atoms with Gasteiger partial charge in [0, 0.05) is 37.6 Å². The van der Waals surface area contributed by atoms with E-state index in [1.165, 1.54) is 12.7 Å². The van der Waals surface area contributed by atoms with E-state index in [-0.39, 0.29) is 5.97 Å². The summed E-state index contributed by atoms with van der Waals surface area (Å²) in [6, 6.07) is 10.6. The van der Waals surface area contributed by atoms with E-state index in [1.807, 2.05) is 13.8 Å². The number of rotatable bonds is 5.